The van der Waals surface area contributed by atoms with Gasteiger partial charge in [0.25, 0.3) is 5.91 Å². The van der Waals surface area contributed by atoms with E-state index in [-0.39, 0.29) is 19.1 Å². The third-order valence-electron chi connectivity index (χ3n) is 6.00. The molecule has 0 aromatic heterocycles. The zero-order valence-corrected chi connectivity index (χ0v) is 22.5. The Labute approximate surface area is 221 Å². The molecular weight excluding hydrogens is 490 g/mol. The van der Waals surface area contributed by atoms with Gasteiger partial charge in [0.2, 0.25) is 0 Å². The molecule has 2 aliphatic rings. The number of nitrogens with zero attached hydrogens (tertiary/aromatic N) is 2. The molecule has 1 amide bonds. The van der Waals surface area contributed by atoms with Crippen molar-refractivity contribution in [3.05, 3.63) is 76.0 Å². The van der Waals surface area contributed by atoms with Crippen LogP contribution in [0, 0.1) is 13.8 Å². The average Bonchev–Trinajstić information content (AvgIpc) is 3.33. The van der Waals surface area contributed by atoms with E-state index in [0.717, 1.165) is 27.5 Å². The van der Waals surface area contributed by atoms with Crippen LogP contribution in [0.3, 0.4) is 0 Å². The summed E-state index contributed by atoms with van der Waals surface area (Å²) in [5.74, 6) is 0.260. The van der Waals surface area contributed by atoms with Crippen molar-refractivity contribution < 1.29 is 23.8 Å². The van der Waals surface area contributed by atoms with Crippen molar-refractivity contribution in [2.75, 3.05) is 25.1 Å². The van der Waals surface area contributed by atoms with Gasteiger partial charge in [0.05, 0.1) is 30.5 Å². The predicted molar refractivity (Wildman–Crippen MR) is 146 cm³/mol. The number of carbonyl (C=O) groups excluding carboxylic acids is 2. The second kappa shape index (κ2) is 11.6. The van der Waals surface area contributed by atoms with Crippen molar-refractivity contribution in [2.45, 2.75) is 40.7 Å². The second-order valence-corrected chi connectivity index (χ2v) is 9.44. The van der Waals surface area contributed by atoms with Crippen LogP contribution in [0.25, 0.3) is 0 Å². The zero-order chi connectivity index (χ0) is 26.5. The van der Waals surface area contributed by atoms with Crippen LogP contribution in [-0.2, 0) is 14.3 Å². The maximum atomic E-state index is 12.9. The molecule has 0 unspecified atom stereocenters. The fraction of sp³-hybridized carbons (Fsp3) is 0.321. The third-order valence-corrected chi connectivity index (χ3v) is 6.77. The number of carbonyl (C=O) groups is 2. The number of thioether (sulfide) groups is 1. The first kappa shape index (κ1) is 26.3. The largest absolute Gasteiger partial charge is 0.490 e. The summed E-state index contributed by atoms with van der Waals surface area (Å²) in [6.45, 7) is 9.88. The number of aryl methyl sites for hydroxylation is 2. The molecule has 2 heterocycles. The highest BCUT2D eigenvalue weighted by Crippen LogP contribution is 2.43. The minimum absolute atomic E-state index is 0.175. The Morgan fingerprint density at radius 3 is 2.49 bits per heavy atom. The lowest BCUT2D eigenvalue weighted by molar-refractivity contribution is -0.139. The average molecular weight is 522 g/mol. The summed E-state index contributed by atoms with van der Waals surface area (Å²) in [5, 5.41) is 5.65. The van der Waals surface area contributed by atoms with E-state index < -0.39 is 12.0 Å². The van der Waals surface area contributed by atoms with Crippen molar-refractivity contribution in [2.24, 2.45) is 4.99 Å². The van der Waals surface area contributed by atoms with E-state index in [1.807, 2.05) is 74.5 Å². The van der Waals surface area contributed by atoms with Gasteiger partial charge in [-0.05, 0) is 68.8 Å². The van der Waals surface area contributed by atoms with Crippen LogP contribution in [-0.4, -0.2) is 41.8 Å². The van der Waals surface area contributed by atoms with E-state index in [0.29, 0.717) is 29.4 Å². The number of amides is 1. The lowest BCUT2D eigenvalue weighted by Crippen LogP contribution is -2.34. The minimum atomic E-state index is -0.432. The molecule has 2 aliphatic heterocycles. The van der Waals surface area contributed by atoms with Gasteiger partial charge in [-0.15, -0.1) is 0 Å². The first-order chi connectivity index (χ1) is 17.8. The number of allylic oxidation sites excluding steroid dienone is 1. The standard InChI is InChI=1S/C28H31N3O5S/c1-6-34-22-15-20(26-24(27(33)35-7-2)19(5)29-28-31(26)13-14-37-28)11-12-21(22)36-16-23(32)30-25-17(3)9-8-10-18(25)4/h8-15,26H,6-7,16H2,1-5H3,(H,30,32)/t26-/m1/s1. The summed E-state index contributed by atoms with van der Waals surface area (Å²) < 4.78 is 17.1. The van der Waals surface area contributed by atoms with Gasteiger partial charge in [-0.1, -0.05) is 36.0 Å². The molecule has 0 saturated carbocycles. The molecular formula is C28H31N3O5S. The molecule has 0 spiro atoms. The van der Waals surface area contributed by atoms with Gasteiger partial charge in [0, 0.05) is 11.9 Å². The van der Waals surface area contributed by atoms with E-state index in [1.54, 1.807) is 13.0 Å². The Bertz CT molecular complexity index is 1280. The maximum absolute atomic E-state index is 12.9. The van der Waals surface area contributed by atoms with Crippen LogP contribution in [0.2, 0.25) is 0 Å². The highest BCUT2D eigenvalue weighted by molar-refractivity contribution is 8.16. The van der Waals surface area contributed by atoms with Crippen LogP contribution < -0.4 is 14.8 Å². The number of hydrogen-bond acceptors (Lipinski definition) is 8. The third kappa shape index (κ3) is 5.67. The Kier molecular flexibility index (Phi) is 8.23. The summed E-state index contributed by atoms with van der Waals surface area (Å²) >= 11 is 1.50. The van der Waals surface area contributed by atoms with Crippen molar-refractivity contribution in [3.8, 4) is 11.5 Å². The van der Waals surface area contributed by atoms with E-state index in [9.17, 15) is 9.59 Å². The molecule has 8 nitrogen and oxygen atoms in total. The molecule has 0 saturated heterocycles. The first-order valence-electron chi connectivity index (χ1n) is 12.2. The van der Waals surface area contributed by atoms with Gasteiger partial charge >= 0.3 is 5.97 Å². The first-order valence-corrected chi connectivity index (χ1v) is 13.1. The van der Waals surface area contributed by atoms with Crippen LogP contribution in [0.5, 0.6) is 11.5 Å². The molecule has 0 radical (unpaired) electrons. The second-order valence-electron chi connectivity index (χ2n) is 8.57. The molecule has 0 bridgehead atoms. The number of esters is 1. The number of anilines is 1. The van der Waals surface area contributed by atoms with Crippen LogP contribution >= 0.6 is 11.8 Å². The molecule has 1 N–H and O–H groups in total. The number of rotatable bonds is 9. The van der Waals surface area contributed by atoms with Gasteiger partial charge in [-0.25, -0.2) is 9.79 Å². The molecule has 0 aliphatic carbocycles. The number of fused-ring (bicyclic) bond motifs is 1. The van der Waals surface area contributed by atoms with Crippen LogP contribution in [0.4, 0.5) is 5.69 Å². The lowest BCUT2D eigenvalue weighted by atomic mass is 9.94. The fourth-order valence-electron chi connectivity index (χ4n) is 4.31. The zero-order valence-electron chi connectivity index (χ0n) is 21.7. The lowest BCUT2D eigenvalue weighted by Gasteiger charge is -2.33. The quantitative estimate of drug-likeness (QED) is 0.437. The Hall–Kier alpha value is -3.72. The van der Waals surface area contributed by atoms with Crippen molar-refractivity contribution >= 4 is 34.5 Å². The molecule has 9 heteroatoms. The highest BCUT2D eigenvalue weighted by Gasteiger charge is 2.37. The van der Waals surface area contributed by atoms with Gasteiger partial charge in [-0.2, -0.15) is 0 Å². The molecule has 2 aromatic carbocycles. The Balaban J connectivity index is 1.59. The van der Waals surface area contributed by atoms with Gasteiger partial charge in [0.15, 0.2) is 23.3 Å². The molecule has 2 aromatic rings. The Morgan fingerprint density at radius 1 is 1.03 bits per heavy atom. The van der Waals surface area contributed by atoms with Crippen LogP contribution in [0.15, 0.2) is 64.3 Å². The smallest absolute Gasteiger partial charge is 0.338 e. The normalized spacial score (nSPS) is 16.3. The number of benzene rings is 2. The molecule has 1 atom stereocenters. The van der Waals surface area contributed by atoms with Crippen molar-refractivity contribution in [3.63, 3.8) is 0 Å². The molecule has 37 heavy (non-hydrogen) atoms. The highest BCUT2D eigenvalue weighted by atomic mass is 32.2. The maximum Gasteiger partial charge on any atom is 0.338 e. The molecule has 0 fully saturated rings. The Morgan fingerprint density at radius 2 is 1.78 bits per heavy atom. The van der Waals surface area contributed by atoms with E-state index in [1.165, 1.54) is 11.8 Å². The number of amidine groups is 1. The number of ether oxygens (including phenoxy) is 3. The monoisotopic (exact) mass is 521 g/mol. The summed E-state index contributed by atoms with van der Waals surface area (Å²) in [6.07, 6.45) is 1.91. The minimum Gasteiger partial charge on any atom is -0.490 e. The number of hydrogen-bond donors (Lipinski definition) is 1. The van der Waals surface area contributed by atoms with E-state index >= 15 is 0 Å². The molecule has 194 valence electrons. The topological polar surface area (TPSA) is 89.5 Å². The SMILES string of the molecule is CCOC(=O)C1=C(C)N=C2SC=CN2[C@@H]1c1ccc(OCC(=O)Nc2c(C)cccc2C)c(OCC)c1. The number of nitrogens with one attached hydrogen (secondary N) is 1. The van der Waals surface area contributed by atoms with E-state index in [4.69, 9.17) is 14.2 Å². The summed E-state index contributed by atoms with van der Waals surface area (Å²) in [5.41, 5.74) is 4.67. The summed E-state index contributed by atoms with van der Waals surface area (Å²) in [4.78, 5) is 32.1. The summed E-state index contributed by atoms with van der Waals surface area (Å²) in [7, 11) is 0. The fourth-order valence-corrected chi connectivity index (χ4v) is 5.10. The van der Waals surface area contributed by atoms with Crippen LogP contribution in [0.1, 0.15) is 43.5 Å². The van der Waals surface area contributed by atoms with Crippen molar-refractivity contribution in [1.82, 2.24) is 4.90 Å². The molecule has 4 rings (SSSR count). The van der Waals surface area contributed by atoms with Gasteiger partial charge in [0.1, 0.15) is 0 Å². The summed E-state index contributed by atoms with van der Waals surface area (Å²) in [6, 6.07) is 10.9. The number of para-hydroxylation sites is 1. The van der Waals surface area contributed by atoms with Gasteiger partial charge in [-0.3, -0.25) is 4.79 Å². The van der Waals surface area contributed by atoms with E-state index in [2.05, 4.69) is 10.3 Å². The van der Waals surface area contributed by atoms with Gasteiger partial charge < -0.3 is 24.4 Å². The number of aliphatic imine (C=N–C) groups is 1. The predicted octanol–water partition coefficient (Wildman–Crippen LogP) is 5.49. The van der Waals surface area contributed by atoms with Crippen molar-refractivity contribution in [1.29, 1.82) is 0 Å².